The summed E-state index contributed by atoms with van der Waals surface area (Å²) in [4.78, 5) is 31.0. The lowest BCUT2D eigenvalue weighted by molar-refractivity contribution is -0.166. The van der Waals surface area contributed by atoms with Gasteiger partial charge in [-0.3, -0.25) is 14.6 Å². The van der Waals surface area contributed by atoms with E-state index >= 15 is 0 Å². The van der Waals surface area contributed by atoms with Gasteiger partial charge in [-0.1, -0.05) is 6.07 Å². The van der Waals surface area contributed by atoms with E-state index in [1.54, 1.807) is 23.4 Å². The molecule has 3 heterocycles. The largest absolute Gasteiger partial charge is 0.376 e. The number of fused-ring (bicyclic) bond motifs is 1. The quantitative estimate of drug-likeness (QED) is 0.865. The molecule has 2 amide bonds. The molecule has 0 bridgehead atoms. The molecule has 2 saturated heterocycles. The molecular weight excluding hydrogens is 356 g/mol. The summed E-state index contributed by atoms with van der Waals surface area (Å²) in [5.74, 6) is -4.18. The maximum absolute atomic E-state index is 13.2. The number of rotatable bonds is 4. The first-order valence-electron chi connectivity index (χ1n) is 9.39. The molecule has 3 atom stereocenters. The number of amides is 2. The molecule has 1 N–H and O–H groups in total. The number of halogens is 2. The van der Waals surface area contributed by atoms with Crippen LogP contribution in [0.2, 0.25) is 0 Å². The molecule has 2 aliphatic heterocycles. The SMILES string of the molecule is O=C(NCc1cccnc1)[C@@H]1C[C@H]2OCC[C@H]2N(C(=O)C2CC(F)(F)C2)C1. The van der Waals surface area contributed by atoms with Gasteiger partial charge in [0.2, 0.25) is 17.7 Å². The molecule has 0 unspecified atom stereocenters. The number of aromatic nitrogens is 1. The van der Waals surface area contributed by atoms with Crippen molar-refractivity contribution in [2.45, 2.75) is 50.3 Å². The number of piperidine rings is 1. The van der Waals surface area contributed by atoms with Crippen LogP contribution in [0.15, 0.2) is 24.5 Å². The molecule has 4 rings (SSSR count). The Bertz CT molecular complexity index is 707. The van der Waals surface area contributed by atoms with E-state index in [0.717, 1.165) is 5.56 Å². The third kappa shape index (κ3) is 3.81. The summed E-state index contributed by atoms with van der Waals surface area (Å²) >= 11 is 0. The van der Waals surface area contributed by atoms with Gasteiger partial charge in [-0.05, 0) is 24.5 Å². The Morgan fingerprint density at radius 3 is 2.85 bits per heavy atom. The van der Waals surface area contributed by atoms with E-state index in [9.17, 15) is 18.4 Å². The Labute approximate surface area is 156 Å². The van der Waals surface area contributed by atoms with E-state index in [1.165, 1.54) is 0 Å². The van der Waals surface area contributed by atoms with Crippen LogP contribution in [0.3, 0.4) is 0 Å². The number of alkyl halides is 2. The molecular formula is C19H23F2N3O3. The second-order valence-corrected chi connectivity index (χ2v) is 7.73. The standard InChI is InChI=1S/C19H23F2N3O3/c20-19(21)7-14(8-19)18(26)24-11-13(6-16-15(24)3-5-27-16)17(25)23-10-12-2-1-4-22-9-12/h1-2,4,9,13-16H,3,5-8,10-11H2,(H,23,25)/t13-,15-,16-/m1/s1. The Hall–Kier alpha value is -2.09. The number of hydrogen-bond acceptors (Lipinski definition) is 4. The van der Waals surface area contributed by atoms with Crippen LogP contribution in [-0.2, 0) is 20.9 Å². The zero-order valence-corrected chi connectivity index (χ0v) is 14.9. The molecule has 146 valence electrons. The topological polar surface area (TPSA) is 71.5 Å². The molecule has 3 fully saturated rings. The van der Waals surface area contributed by atoms with Crippen molar-refractivity contribution in [3.63, 3.8) is 0 Å². The van der Waals surface area contributed by atoms with Crippen LogP contribution in [0.5, 0.6) is 0 Å². The van der Waals surface area contributed by atoms with Gasteiger partial charge < -0.3 is 15.0 Å². The van der Waals surface area contributed by atoms with Crippen LogP contribution in [0.25, 0.3) is 0 Å². The summed E-state index contributed by atoms with van der Waals surface area (Å²) in [6.45, 7) is 1.16. The van der Waals surface area contributed by atoms with Crippen LogP contribution in [0, 0.1) is 11.8 Å². The molecule has 1 saturated carbocycles. The number of likely N-dealkylation sites (tertiary alicyclic amines) is 1. The lowest BCUT2D eigenvalue weighted by atomic mass is 9.79. The molecule has 1 aromatic rings. The maximum atomic E-state index is 13.2. The second kappa shape index (κ2) is 7.14. The van der Waals surface area contributed by atoms with Gasteiger partial charge in [0.25, 0.3) is 0 Å². The van der Waals surface area contributed by atoms with E-state index in [4.69, 9.17) is 4.74 Å². The van der Waals surface area contributed by atoms with Crippen molar-refractivity contribution in [3.05, 3.63) is 30.1 Å². The van der Waals surface area contributed by atoms with E-state index in [-0.39, 0.29) is 30.5 Å². The van der Waals surface area contributed by atoms with Gasteiger partial charge in [0.1, 0.15) is 0 Å². The molecule has 0 radical (unpaired) electrons. The summed E-state index contributed by atoms with van der Waals surface area (Å²) in [5.41, 5.74) is 0.890. The lowest BCUT2D eigenvalue weighted by Crippen LogP contribution is -2.58. The van der Waals surface area contributed by atoms with Crippen LogP contribution < -0.4 is 5.32 Å². The minimum atomic E-state index is -2.73. The molecule has 1 aliphatic carbocycles. The van der Waals surface area contributed by atoms with Crippen molar-refractivity contribution in [1.82, 2.24) is 15.2 Å². The number of carbonyl (C=O) groups excluding carboxylic acids is 2. The highest BCUT2D eigenvalue weighted by Crippen LogP contribution is 2.44. The predicted octanol–water partition coefficient (Wildman–Crippen LogP) is 1.75. The van der Waals surface area contributed by atoms with Crippen molar-refractivity contribution >= 4 is 11.8 Å². The van der Waals surface area contributed by atoms with Gasteiger partial charge in [0.15, 0.2) is 0 Å². The fourth-order valence-electron chi connectivity index (χ4n) is 4.30. The monoisotopic (exact) mass is 379 g/mol. The molecule has 3 aliphatic rings. The highest BCUT2D eigenvalue weighted by Gasteiger charge is 2.53. The Balaban J connectivity index is 1.40. The second-order valence-electron chi connectivity index (χ2n) is 7.73. The fourth-order valence-corrected chi connectivity index (χ4v) is 4.30. The Kier molecular flexibility index (Phi) is 4.84. The summed E-state index contributed by atoms with van der Waals surface area (Å²) in [6.07, 6.45) is 3.62. The van der Waals surface area contributed by atoms with Crippen molar-refractivity contribution in [2.24, 2.45) is 11.8 Å². The first kappa shape index (κ1) is 18.3. The zero-order chi connectivity index (χ0) is 19.0. The first-order valence-corrected chi connectivity index (χ1v) is 9.39. The number of nitrogens with one attached hydrogen (secondary N) is 1. The number of pyridine rings is 1. The zero-order valence-electron chi connectivity index (χ0n) is 14.9. The van der Waals surface area contributed by atoms with Crippen molar-refractivity contribution in [2.75, 3.05) is 13.2 Å². The smallest absolute Gasteiger partial charge is 0.249 e. The third-order valence-electron chi connectivity index (χ3n) is 5.79. The van der Waals surface area contributed by atoms with E-state index in [1.807, 2.05) is 6.07 Å². The molecule has 0 spiro atoms. The fraction of sp³-hybridized carbons (Fsp3) is 0.632. The van der Waals surface area contributed by atoms with E-state index in [2.05, 4.69) is 10.3 Å². The summed E-state index contributed by atoms with van der Waals surface area (Å²) < 4.78 is 32.1. The van der Waals surface area contributed by atoms with Crippen molar-refractivity contribution in [3.8, 4) is 0 Å². The molecule has 6 nitrogen and oxygen atoms in total. The number of hydrogen-bond donors (Lipinski definition) is 1. The van der Waals surface area contributed by atoms with Crippen LogP contribution >= 0.6 is 0 Å². The van der Waals surface area contributed by atoms with Crippen LogP contribution in [0.4, 0.5) is 8.78 Å². The molecule has 8 heteroatoms. The van der Waals surface area contributed by atoms with Crippen LogP contribution in [-0.4, -0.2) is 52.9 Å². The summed E-state index contributed by atoms with van der Waals surface area (Å²) in [6, 6.07) is 3.57. The van der Waals surface area contributed by atoms with Gasteiger partial charge in [0, 0.05) is 50.8 Å². The molecule has 0 aromatic carbocycles. The Morgan fingerprint density at radius 2 is 2.15 bits per heavy atom. The van der Waals surface area contributed by atoms with Gasteiger partial charge in [0.05, 0.1) is 18.1 Å². The first-order chi connectivity index (χ1) is 12.9. The molecule has 27 heavy (non-hydrogen) atoms. The summed E-state index contributed by atoms with van der Waals surface area (Å²) in [7, 11) is 0. The van der Waals surface area contributed by atoms with Gasteiger partial charge in [-0.25, -0.2) is 8.78 Å². The average molecular weight is 379 g/mol. The lowest BCUT2D eigenvalue weighted by Gasteiger charge is -2.44. The number of ether oxygens (including phenoxy) is 1. The highest BCUT2D eigenvalue weighted by atomic mass is 19.3. The molecule has 1 aromatic heterocycles. The third-order valence-corrected chi connectivity index (χ3v) is 5.79. The summed E-state index contributed by atoms with van der Waals surface area (Å²) in [5, 5.41) is 2.89. The van der Waals surface area contributed by atoms with Gasteiger partial charge in [-0.15, -0.1) is 0 Å². The predicted molar refractivity (Wildman–Crippen MR) is 91.7 cm³/mol. The van der Waals surface area contributed by atoms with Crippen LogP contribution in [0.1, 0.15) is 31.2 Å². The maximum Gasteiger partial charge on any atom is 0.249 e. The normalized spacial score (nSPS) is 29.7. The minimum Gasteiger partial charge on any atom is -0.376 e. The van der Waals surface area contributed by atoms with Crippen molar-refractivity contribution in [1.29, 1.82) is 0 Å². The number of nitrogens with zero attached hydrogens (tertiary/aromatic N) is 2. The average Bonchev–Trinajstić information content (AvgIpc) is 3.12. The van der Waals surface area contributed by atoms with Crippen molar-refractivity contribution < 1.29 is 23.1 Å². The van der Waals surface area contributed by atoms with E-state index in [0.29, 0.717) is 26.0 Å². The van der Waals surface area contributed by atoms with E-state index < -0.39 is 30.6 Å². The Morgan fingerprint density at radius 1 is 1.33 bits per heavy atom. The minimum absolute atomic E-state index is 0.103. The van der Waals surface area contributed by atoms with Gasteiger partial charge >= 0.3 is 0 Å². The van der Waals surface area contributed by atoms with Gasteiger partial charge in [-0.2, -0.15) is 0 Å². The number of carbonyl (C=O) groups is 2. The highest BCUT2D eigenvalue weighted by molar-refractivity contribution is 5.83.